The maximum atomic E-state index is 12.4. The second-order valence-corrected chi connectivity index (χ2v) is 6.97. The SMILES string of the molecule is O=C1C[C@@H]2[C@@H](CCN2C(=O)C2CC(O)C2)N1CC1CC1. The topological polar surface area (TPSA) is 60.9 Å². The zero-order chi connectivity index (χ0) is 13.9. The quantitative estimate of drug-likeness (QED) is 0.811. The fourth-order valence-electron chi connectivity index (χ4n) is 4.04. The van der Waals surface area contributed by atoms with Crippen molar-refractivity contribution in [1.82, 2.24) is 9.80 Å². The van der Waals surface area contributed by atoms with Crippen molar-refractivity contribution in [3.8, 4) is 0 Å². The first-order valence-corrected chi connectivity index (χ1v) is 7.91. The van der Waals surface area contributed by atoms with Crippen LogP contribution in [0.2, 0.25) is 0 Å². The zero-order valence-corrected chi connectivity index (χ0v) is 11.7. The van der Waals surface area contributed by atoms with Crippen molar-refractivity contribution in [3.05, 3.63) is 0 Å². The van der Waals surface area contributed by atoms with Gasteiger partial charge in [-0.2, -0.15) is 0 Å². The van der Waals surface area contributed by atoms with E-state index in [1.54, 1.807) is 0 Å². The summed E-state index contributed by atoms with van der Waals surface area (Å²) in [4.78, 5) is 28.6. The molecule has 2 amide bonds. The van der Waals surface area contributed by atoms with E-state index in [4.69, 9.17) is 0 Å². The number of fused-ring (bicyclic) bond motifs is 1. The van der Waals surface area contributed by atoms with E-state index in [1.807, 2.05) is 9.80 Å². The summed E-state index contributed by atoms with van der Waals surface area (Å²) in [6.45, 7) is 1.69. The molecule has 0 aromatic rings. The standard InChI is InChI=1S/C15H22N2O3/c18-11-5-10(6-11)15(20)16-4-3-12-13(16)7-14(19)17(12)8-9-1-2-9/h9-13,18H,1-8H2/t10?,11?,12-,13-/m1/s1. The predicted octanol–water partition coefficient (Wildman–Crippen LogP) is 0.369. The Morgan fingerprint density at radius 1 is 1.20 bits per heavy atom. The van der Waals surface area contributed by atoms with Crippen molar-refractivity contribution in [2.75, 3.05) is 13.1 Å². The fraction of sp³-hybridized carbons (Fsp3) is 0.867. The van der Waals surface area contributed by atoms with Gasteiger partial charge in [-0.1, -0.05) is 0 Å². The van der Waals surface area contributed by atoms with Crippen LogP contribution in [-0.2, 0) is 9.59 Å². The highest BCUT2D eigenvalue weighted by Gasteiger charge is 2.50. The molecule has 2 saturated heterocycles. The van der Waals surface area contributed by atoms with E-state index in [0.29, 0.717) is 25.2 Å². The van der Waals surface area contributed by atoms with Crippen LogP contribution in [0.15, 0.2) is 0 Å². The minimum Gasteiger partial charge on any atom is -0.393 e. The number of rotatable bonds is 3. The van der Waals surface area contributed by atoms with Crippen LogP contribution in [0.3, 0.4) is 0 Å². The largest absolute Gasteiger partial charge is 0.393 e. The lowest BCUT2D eigenvalue weighted by Gasteiger charge is -2.35. The Kier molecular flexibility index (Phi) is 2.81. The number of aliphatic hydroxyl groups excluding tert-OH is 1. The van der Waals surface area contributed by atoms with E-state index in [2.05, 4.69) is 0 Å². The number of nitrogens with zero attached hydrogens (tertiary/aromatic N) is 2. The lowest BCUT2D eigenvalue weighted by atomic mass is 9.81. The molecule has 0 aromatic carbocycles. The molecule has 0 spiro atoms. The van der Waals surface area contributed by atoms with E-state index in [0.717, 1.165) is 19.5 Å². The molecule has 1 N–H and O–H groups in total. The first kappa shape index (κ1) is 12.6. The monoisotopic (exact) mass is 278 g/mol. The average Bonchev–Trinajstić information content (AvgIpc) is 3.04. The third-order valence-electron chi connectivity index (χ3n) is 5.51. The van der Waals surface area contributed by atoms with Gasteiger partial charge < -0.3 is 14.9 Å². The molecule has 110 valence electrons. The van der Waals surface area contributed by atoms with E-state index < -0.39 is 0 Å². The van der Waals surface area contributed by atoms with Gasteiger partial charge in [0.25, 0.3) is 0 Å². The van der Waals surface area contributed by atoms with Gasteiger partial charge in [0.05, 0.1) is 18.2 Å². The molecule has 2 heterocycles. The Bertz CT molecular complexity index is 442. The molecule has 5 nitrogen and oxygen atoms in total. The molecule has 4 rings (SSSR count). The Balaban J connectivity index is 1.44. The summed E-state index contributed by atoms with van der Waals surface area (Å²) in [7, 11) is 0. The Morgan fingerprint density at radius 3 is 2.60 bits per heavy atom. The lowest BCUT2D eigenvalue weighted by molar-refractivity contribution is -0.143. The van der Waals surface area contributed by atoms with E-state index >= 15 is 0 Å². The number of hydrogen-bond acceptors (Lipinski definition) is 3. The van der Waals surface area contributed by atoms with Gasteiger partial charge in [0.1, 0.15) is 0 Å². The molecule has 2 saturated carbocycles. The van der Waals surface area contributed by atoms with Crippen LogP contribution < -0.4 is 0 Å². The minimum absolute atomic E-state index is 0.00339. The summed E-state index contributed by atoms with van der Waals surface area (Å²) >= 11 is 0. The minimum atomic E-state index is -0.293. The highest BCUT2D eigenvalue weighted by atomic mass is 16.3. The van der Waals surface area contributed by atoms with Gasteiger partial charge >= 0.3 is 0 Å². The van der Waals surface area contributed by atoms with Crippen molar-refractivity contribution in [2.24, 2.45) is 11.8 Å². The Morgan fingerprint density at radius 2 is 1.95 bits per heavy atom. The van der Waals surface area contributed by atoms with Gasteiger partial charge in [-0.25, -0.2) is 0 Å². The van der Waals surface area contributed by atoms with Crippen LogP contribution in [0.5, 0.6) is 0 Å². The molecular formula is C15H22N2O3. The van der Waals surface area contributed by atoms with Crippen molar-refractivity contribution in [3.63, 3.8) is 0 Å². The van der Waals surface area contributed by atoms with E-state index in [-0.39, 0.29) is 35.9 Å². The summed E-state index contributed by atoms with van der Waals surface area (Å²) in [6, 6.07) is 0.364. The van der Waals surface area contributed by atoms with Gasteiger partial charge in [0, 0.05) is 25.4 Å². The molecule has 2 atom stereocenters. The number of aliphatic hydroxyl groups is 1. The van der Waals surface area contributed by atoms with Gasteiger partial charge in [-0.3, -0.25) is 9.59 Å². The smallest absolute Gasteiger partial charge is 0.226 e. The van der Waals surface area contributed by atoms with Crippen LogP contribution in [0.1, 0.15) is 38.5 Å². The van der Waals surface area contributed by atoms with Crippen LogP contribution in [0.4, 0.5) is 0 Å². The molecule has 2 aliphatic heterocycles. The van der Waals surface area contributed by atoms with Crippen LogP contribution in [0, 0.1) is 11.8 Å². The molecule has 0 bridgehead atoms. The van der Waals surface area contributed by atoms with Gasteiger partial charge in [-0.05, 0) is 38.0 Å². The van der Waals surface area contributed by atoms with E-state index in [1.165, 1.54) is 12.8 Å². The molecule has 0 aromatic heterocycles. The summed E-state index contributed by atoms with van der Waals surface area (Å²) < 4.78 is 0. The highest BCUT2D eigenvalue weighted by Crippen LogP contribution is 2.39. The Hall–Kier alpha value is -1.10. The molecule has 20 heavy (non-hydrogen) atoms. The molecule has 5 heteroatoms. The predicted molar refractivity (Wildman–Crippen MR) is 71.7 cm³/mol. The first-order chi connectivity index (χ1) is 9.63. The maximum Gasteiger partial charge on any atom is 0.226 e. The number of carbonyl (C=O) groups excluding carboxylic acids is 2. The van der Waals surface area contributed by atoms with Gasteiger partial charge in [0.2, 0.25) is 11.8 Å². The molecule has 0 radical (unpaired) electrons. The number of hydrogen-bond donors (Lipinski definition) is 1. The van der Waals surface area contributed by atoms with Crippen molar-refractivity contribution in [2.45, 2.75) is 56.7 Å². The van der Waals surface area contributed by atoms with Crippen molar-refractivity contribution in [1.29, 1.82) is 0 Å². The number of carbonyl (C=O) groups is 2. The zero-order valence-electron chi connectivity index (χ0n) is 11.7. The third kappa shape index (κ3) is 1.94. The summed E-state index contributed by atoms with van der Waals surface area (Å²) in [5.74, 6) is 1.11. The van der Waals surface area contributed by atoms with Crippen LogP contribution >= 0.6 is 0 Å². The van der Waals surface area contributed by atoms with Gasteiger partial charge in [-0.15, -0.1) is 0 Å². The van der Waals surface area contributed by atoms with Crippen molar-refractivity contribution < 1.29 is 14.7 Å². The molecular weight excluding hydrogens is 256 g/mol. The van der Waals surface area contributed by atoms with Crippen LogP contribution in [0.25, 0.3) is 0 Å². The highest BCUT2D eigenvalue weighted by molar-refractivity contribution is 5.85. The Labute approximate surface area is 118 Å². The average molecular weight is 278 g/mol. The van der Waals surface area contributed by atoms with Crippen LogP contribution in [-0.4, -0.2) is 58.0 Å². The summed E-state index contributed by atoms with van der Waals surface area (Å²) in [6.07, 6.45) is 4.87. The fourth-order valence-corrected chi connectivity index (χ4v) is 4.04. The normalized spacial score (nSPS) is 40.0. The summed E-state index contributed by atoms with van der Waals surface area (Å²) in [5, 5.41) is 9.35. The summed E-state index contributed by atoms with van der Waals surface area (Å²) in [5.41, 5.74) is 0. The van der Waals surface area contributed by atoms with Crippen molar-refractivity contribution >= 4 is 11.8 Å². The second-order valence-electron chi connectivity index (χ2n) is 6.97. The van der Waals surface area contributed by atoms with E-state index in [9.17, 15) is 14.7 Å². The maximum absolute atomic E-state index is 12.4. The molecule has 0 unspecified atom stereocenters. The number of amides is 2. The molecule has 4 aliphatic rings. The number of likely N-dealkylation sites (tertiary alicyclic amines) is 2. The first-order valence-electron chi connectivity index (χ1n) is 7.91. The molecule has 4 fully saturated rings. The molecule has 2 aliphatic carbocycles. The van der Waals surface area contributed by atoms with Gasteiger partial charge in [0.15, 0.2) is 0 Å². The second kappa shape index (κ2) is 4.45. The third-order valence-corrected chi connectivity index (χ3v) is 5.51. The lowest BCUT2D eigenvalue weighted by Crippen LogP contribution is -2.47.